The second-order valence-corrected chi connectivity index (χ2v) is 5.13. The van der Waals surface area contributed by atoms with Crippen molar-refractivity contribution in [1.82, 2.24) is 4.90 Å². The molecule has 0 N–H and O–H groups in total. The Morgan fingerprint density at radius 1 is 1.59 bits per heavy atom. The van der Waals surface area contributed by atoms with Crippen LogP contribution in [0.1, 0.15) is 28.1 Å². The van der Waals surface area contributed by atoms with Crippen molar-refractivity contribution in [2.24, 2.45) is 5.11 Å². The van der Waals surface area contributed by atoms with Gasteiger partial charge in [-0.05, 0) is 42.3 Å². The standard InChI is InChI=1S/C11H14N4OS/c1-8-6-10(17-7-8)11(16)15-4-2-9(3-5-15)13-14-12/h6-7,9H,2-5H2,1H3. The number of hydrogen-bond acceptors (Lipinski definition) is 3. The minimum Gasteiger partial charge on any atom is -0.338 e. The van der Waals surface area contributed by atoms with Crippen LogP contribution in [0.15, 0.2) is 16.6 Å². The van der Waals surface area contributed by atoms with Gasteiger partial charge in [0.2, 0.25) is 0 Å². The van der Waals surface area contributed by atoms with Crippen molar-refractivity contribution in [3.05, 3.63) is 32.3 Å². The topological polar surface area (TPSA) is 69.1 Å². The summed E-state index contributed by atoms with van der Waals surface area (Å²) >= 11 is 1.49. The van der Waals surface area contributed by atoms with Gasteiger partial charge < -0.3 is 4.90 Å². The van der Waals surface area contributed by atoms with E-state index in [1.165, 1.54) is 11.3 Å². The molecule has 17 heavy (non-hydrogen) atoms. The molecule has 0 atom stereocenters. The van der Waals surface area contributed by atoms with Gasteiger partial charge in [0.05, 0.1) is 4.88 Å². The molecule has 6 heteroatoms. The normalized spacial score (nSPS) is 16.6. The smallest absolute Gasteiger partial charge is 0.263 e. The number of thiophene rings is 1. The molecule has 0 aromatic carbocycles. The molecule has 1 aromatic heterocycles. The molecule has 1 saturated heterocycles. The van der Waals surface area contributed by atoms with Gasteiger partial charge in [-0.25, -0.2) is 0 Å². The molecule has 0 radical (unpaired) electrons. The fourth-order valence-corrected chi connectivity index (χ4v) is 2.82. The zero-order chi connectivity index (χ0) is 12.3. The first kappa shape index (κ1) is 12.0. The van der Waals surface area contributed by atoms with Crippen LogP contribution in [0, 0.1) is 6.92 Å². The number of hydrogen-bond donors (Lipinski definition) is 0. The van der Waals surface area contributed by atoms with Crippen molar-refractivity contribution in [1.29, 1.82) is 0 Å². The molecule has 0 bridgehead atoms. The second-order valence-electron chi connectivity index (χ2n) is 4.22. The van der Waals surface area contributed by atoms with Crippen LogP contribution in [0.25, 0.3) is 10.4 Å². The highest BCUT2D eigenvalue weighted by molar-refractivity contribution is 7.12. The molecule has 0 saturated carbocycles. The first-order valence-electron chi connectivity index (χ1n) is 5.59. The first-order valence-corrected chi connectivity index (χ1v) is 6.47. The Hall–Kier alpha value is -1.52. The maximum absolute atomic E-state index is 12.1. The van der Waals surface area contributed by atoms with E-state index in [2.05, 4.69) is 10.0 Å². The van der Waals surface area contributed by atoms with Crippen LogP contribution in [-0.2, 0) is 0 Å². The lowest BCUT2D eigenvalue weighted by molar-refractivity contribution is 0.0719. The van der Waals surface area contributed by atoms with Crippen LogP contribution in [0.3, 0.4) is 0 Å². The third-order valence-electron chi connectivity index (χ3n) is 2.91. The minimum atomic E-state index is 0.0501. The maximum Gasteiger partial charge on any atom is 0.263 e. The quantitative estimate of drug-likeness (QED) is 0.452. The highest BCUT2D eigenvalue weighted by Gasteiger charge is 2.23. The third-order valence-corrected chi connectivity index (χ3v) is 3.94. The molecule has 1 aromatic rings. The average Bonchev–Trinajstić information content (AvgIpc) is 2.76. The lowest BCUT2D eigenvalue weighted by Crippen LogP contribution is -2.39. The number of amides is 1. The van der Waals surface area contributed by atoms with Crippen molar-refractivity contribution in [3.8, 4) is 0 Å². The number of likely N-dealkylation sites (tertiary alicyclic amines) is 1. The molecule has 1 aliphatic rings. The van der Waals surface area contributed by atoms with E-state index in [-0.39, 0.29) is 11.9 Å². The maximum atomic E-state index is 12.1. The molecule has 0 spiro atoms. The summed E-state index contributed by atoms with van der Waals surface area (Å²) in [5, 5.41) is 5.69. The Morgan fingerprint density at radius 2 is 2.29 bits per heavy atom. The number of nitrogens with zero attached hydrogens (tertiary/aromatic N) is 4. The molecule has 2 rings (SSSR count). The number of carbonyl (C=O) groups excluding carboxylic acids is 1. The van der Waals surface area contributed by atoms with Crippen LogP contribution in [-0.4, -0.2) is 29.9 Å². The van der Waals surface area contributed by atoms with Crippen molar-refractivity contribution < 1.29 is 4.79 Å². The molecule has 5 nitrogen and oxygen atoms in total. The van der Waals surface area contributed by atoms with Gasteiger partial charge >= 0.3 is 0 Å². The van der Waals surface area contributed by atoms with E-state index >= 15 is 0 Å². The zero-order valence-electron chi connectivity index (χ0n) is 9.67. The summed E-state index contributed by atoms with van der Waals surface area (Å²) in [6.07, 6.45) is 1.53. The fraction of sp³-hybridized carbons (Fsp3) is 0.545. The molecule has 1 fully saturated rings. The summed E-state index contributed by atoms with van der Waals surface area (Å²) in [5.74, 6) is 0.0995. The molecular formula is C11H14N4OS. The van der Waals surface area contributed by atoms with Gasteiger partial charge in [0.15, 0.2) is 0 Å². The molecular weight excluding hydrogens is 236 g/mol. The van der Waals surface area contributed by atoms with Crippen molar-refractivity contribution in [2.75, 3.05) is 13.1 Å². The predicted molar refractivity (Wildman–Crippen MR) is 67.1 cm³/mol. The molecule has 0 aliphatic carbocycles. The fourth-order valence-electron chi connectivity index (χ4n) is 1.96. The molecule has 1 amide bonds. The van der Waals surface area contributed by atoms with Crippen LogP contribution in [0.2, 0.25) is 0 Å². The second kappa shape index (κ2) is 5.21. The lowest BCUT2D eigenvalue weighted by atomic mass is 10.1. The SMILES string of the molecule is Cc1csc(C(=O)N2CCC(N=[N+]=[N-])CC2)c1. The van der Waals surface area contributed by atoms with Crippen LogP contribution in [0.5, 0.6) is 0 Å². The van der Waals surface area contributed by atoms with E-state index in [0.717, 1.165) is 23.3 Å². The number of rotatable bonds is 2. The lowest BCUT2D eigenvalue weighted by Gasteiger charge is -2.29. The number of azide groups is 1. The minimum absolute atomic E-state index is 0.0501. The average molecular weight is 250 g/mol. The van der Waals surface area contributed by atoms with Crippen LogP contribution >= 0.6 is 11.3 Å². The largest absolute Gasteiger partial charge is 0.338 e. The molecule has 0 unspecified atom stereocenters. The number of carbonyl (C=O) groups is 1. The Morgan fingerprint density at radius 3 is 2.82 bits per heavy atom. The number of piperidine rings is 1. The monoisotopic (exact) mass is 250 g/mol. The molecule has 1 aliphatic heterocycles. The van der Waals surface area contributed by atoms with E-state index in [9.17, 15) is 4.79 Å². The van der Waals surface area contributed by atoms with Gasteiger partial charge in [-0.1, -0.05) is 5.11 Å². The van der Waals surface area contributed by atoms with Gasteiger partial charge in [-0.3, -0.25) is 4.79 Å². The Balaban J connectivity index is 1.97. The van der Waals surface area contributed by atoms with Crippen molar-refractivity contribution in [2.45, 2.75) is 25.8 Å². The van der Waals surface area contributed by atoms with Crippen molar-refractivity contribution >= 4 is 17.2 Å². The van der Waals surface area contributed by atoms with E-state index < -0.39 is 0 Å². The van der Waals surface area contributed by atoms with E-state index in [0.29, 0.717) is 13.1 Å². The summed E-state index contributed by atoms with van der Waals surface area (Å²) in [5.41, 5.74) is 9.48. The number of aryl methyl sites for hydroxylation is 1. The highest BCUT2D eigenvalue weighted by Crippen LogP contribution is 2.20. The summed E-state index contributed by atoms with van der Waals surface area (Å²) in [6.45, 7) is 3.35. The predicted octanol–water partition coefficient (Wildman–Crippen LogP) is 2.97. The highest BCUT2D eigenvalue weighted by atomic mass is 32.1. The van der Waals surface area contributed by atoms with E-state index in [4.69, 9.17) is 5.53 Å². The summed E-state index contributed by atoms with van der Waals surface area (Å²) in [7, 11) is 0. The zero-order valence-corrected chi connectivity index (χ0v) is 10.5. The molecule has 2 heterocycles. The van der Waals surface area contributed by atoms with E-state index in [1.807, 2.05) is 23.3 Å². The van der Waals surface area contributed by atoms with Gasteiger partial charge in [-0.2, -0.15) is 0 Å². The van der Waals surface area contributed by atoms with E-state index in [1.54, 1.807) is 0 Å². The summed E-state index contributed by atoms with van der Waals surface area (Å²) in [6, 6.07) is 1.97. The summed E-state index contributed by atoms with van der Waals surface area (Å²) in [4.78, 5) is 17.6. The molecule has 90 valence electrons. The van der Waals surface area contributed by atoms with Crippen molar-refractivity contribution in [3.63, 3.8) is 0 Å². The first-order chi connectivity index (χ1) is 8.20. The Labute approximate surface area is 104 Å². The summed E-state index contributed by atoms with van der Waals surface area (Å²) < 4.78 is 0. The van der Waals surface area contributed by atoms with Gasteiger partial charge in [0.25, 0.3) is 5.91 Å². The van der Waals surface area contributed by atoms with Gasteiger partial charge in [0, 0.05) is 24.0 Å². The Bertz CT molecular complexity index is 456. The van der Waals surface area contributed by atoms with Crippen LogP contribution < -0.4 is 0 Å². The Kier molecular flexibility index (Phi) is 3.66. The van der Waals surface area contributed by atoms with Gasteiger partial charge in [0.1, 0.15) is 0 Å². The van der Waals surface area contributed by atoms with Gasteiger partial charge in [-0.15, -0.1) is 11.3 Å². The van der Waals surface area contributed by atoms with Crippen LogP contribution in [0.4, 0.5) is 0 Å². The third kappa shape index (κ3) is 2.78.